The van der Waals surface area contributed by atoms with Crippen LogP contribution in [0.4, 0.5) is 5.69 Å². The summed E-state index contributed by atoms with van der Waals surface area (Å²) in [6.07, 6.45) is 1.04. The van der Waals surface area contributed by atoms with Gasteiger partial charge in [-0.3, -0.25) is 9.69 Å². The standard InChI is InChI=1S/C22H27N3O/c1-18-15-20-9-5-6-10-21(20)25(18)17-22(26)24-13-11-23(12-14-24)16-19-7-3-2-4-8-19/h2-10,18H,11-17H2,1H3/t18-/m1/s1. The molecule has 2 aliphatic rings. The lowest BCUT2D eigenvalue weighted by atomic mass is 10.1. The molecule has 136 valence electrons. The van der Waals surface area contributed by atoms with Gasteiger partial charge in [-0.1, -0.05) is 48.5 Å². The van der Waals surface area contributed by atoms with Crippen molar-refractivity contribution in [3.8, 4) is 0 Å². The fourth-order valence-electron chi connectivity index (χ4n) is 4.11. The molecule has 2 aliphatic heterocycles. The quantitative estimate of drug-likeness (QED) is 0.849. The van der Waals surface area contributed by atoms with E-state index in [9.17, 15) is 4.79 Å². The number of hydrogen-bond acceptors (Lipinski definition) is 3. The molecule has 2 heterocycles. The molecule has 26 heavy (non-hydrogen) atoms. The average molecular weight is 349 g/mol. The third kappa shape index (κ3) is 3.61. The van der Waals surface area contributed by atoms with Crippen molar-refractivity contribution in [3.05, 3.63) is 65.7 Å². The minimum atomic E-state index is 0.257. The van der Waals surface area contributed by atoms with Crippen LogP contribution in [0, 0.1) is 0 Å². The molecule has 2 aromatic carbocycles. The maximum absolute atomic E-state index is 12.8. The van der Waals surface area contributed by atoms with E-state index in [-0.39, 0.29) is 5.91 Å². The summed E-state index contributed by atoms with van der Waals surface area (Å²) in [7, 11) is 0. The van der Waals surface area contributed by atoms with E-state index in [0.29, 0.717) is 12.6 Å². The van der Waals surface area contributed by atoms with Gasteiger partial charge in [0.05, 0.1) is 6.54 Å². The molecule has 1 fully saturated rings. The van der Waals surface area contributed by atoms with Crippen molar-refractivity contribution < 1.29 is 4.79 Å². The molecule has 0 spiro atoms. The minimum Gasteiger partial charge on any atom is -0.359 e. The first-order valence-corrected chi connectivity index (χ1v) is 9.59. The lowest BCUT2D eigenvalue weighted by Gasteiger charge is -2.36. The Morgan fingerprint density at radius 3 is 2.42 bits per heavy atom. The summed E-state index contributed by atoms with van der Waals surface area (Å²) in [5.41, 5.74) is 3.94. The maximum Gasteiger partial charge on any atom is 0.242 e. The van der Waals surface area contributed by atoms with E-state index in [2.05, 4.69) is 71.3 Å². The molecule has 4 nitrogen and oxygen atoms in total. The number of fused-ring (bicyclic) bond motifs is 1. The van der Waals surface area contributed by atoms with E-state index in [1.54, 1.807) is 0 Å². The predicted molar refractivity (Wildman–Crippen MR) is 105 cm³/mol. The van der Waals surface area contributed by atoms with Gasteiger partial charge in [-0.25, -0.2) is 0 Å². The molecule has 4 rings (SSSR count). The van der Waals surface area contributed by atoms with Crippen LogP contribution in [-0.4, -0.2) is 54.5 Å². The van der Waals surface area contributed by atoms with Gasteiger partial charge in [0.15, 0.2) is 0 Å². The second-order valence-corrected chi connectivity index (χ2v) is 7.45. The largest absolute Gasteiger partial charge is 0.359 e. The molecule has 1 atom stereocenters. The lowest BCUT2D eigenvalue weighted by molar-refractivity contribution is -0.131. The van der Waals surface area contributed by atoms with Crippen LogP contribution in [0.3, 0.4) is 0 Å². The number of nitrogens with zero attached hydrogens (tertiary/aromatic N) is 3. The normalized spacial score (nSPS) is 20.3. The van der Waals surface area contributed by atoms with Gasteiger partial charge >= 0.3 is 0 Å². The second-order valence-electron chi connectivity index (χ2n) is 7.45. The molecule has 0 saturated carbocycles. The fourth-order valence-corrected chi connectivity index (χ4v) is 4.11. The molecule has 1 amide bonds. The van der Waals surface area contributed by atoms with Gasteiger partial charge in [0, 0.05) is 44.5 Å². The first kappa shape index (κ1) is 17.1. The summed E-state index contributed by atoms with van der Waals surface area (Å²) in [6.45, 7) is 7.24. The molecule has 0 aliphatic carbocycles. The minimum absolute atomic E-state index is 0.257. The van der Waals surface area contributed by atoms with Crippen LogP contribution in [0.15, 0.2) is 54.6 Å². The average Bonchev–Trinajstić information content (AvgIpc) is 2.98. The summed E-state index contributed by atoms with van der Waals surface area (Å²) >= 11 is 0. The molecule has 0 radical (unpaired) electrons. The zero-order valence-electron chi connectivity index (χ0n) is 15.5. The Morgan fingerprint density at radius 2 is 1.65 bits per heavy atom. The van der Waals surface area contributed by atoms with Crippen LogP contribution in [-0.2, 0) is 17.8 Å². The van der Waals surface area contributed by atoms with E-state index < -0.39 is 0 Å². The molecule has 2 aromatic rings. The van der Waals surface area contributed by atoms with Crippen LogP contribution in [0.2, 0.25) is 0 Å². The monoisotopic (exact) mass is 349 g/mol. The van der Waals surface area contributed by atoms with Crippen molar-refractivity contribution in [3.63, 3.8) is 0 Å². The maximum atomic E-state index is 12.8. The number of carbonyl (C=O) groups is 1. The Hall–Kier alpha value is -2.33. The topological polar surface area (TPSA) is 26.8 Å². The molecular weight excluding hydrogens is 322 g/mol. The summed E-state index contributed by atoms with van der Waals surface area (Å²) in [5.74, 6) is 0.257. The number of benzene rings is 2. The molecule has 0 aromatic heterocycles. The summed E-state index contributed by atoms with van der Waals surface area (Å²) in [5, 5.41) is 0. The van der Waals surface area contributed by atoms with Crippen LogP contribution < -0.4 is 4.90 Å². The zero-order chi connectivity index (χ0) is 17.9. The van der Waals surface area contributed by atoms with Crippen molar-refractivity contribution in [1.82, 2.24) is 9.80 Å². The van der Waals surface area contributed by atoms with Crippen molar-refractivity contribution in [2.24, 2.45) is 0 Å². The van der Waals surface area contributed by atoms with E-state index >= 15 is 0 Å². The zero-order valence-corrected chi connectivity index (χ0v) is 15.5. The van der Waals surface area contributed by atoms with Gasteiger partial charge < -0.3 is 9.80 Å². The van der Waals surface area contributed by atoms with Crippen LogP contribution >= 0.6 is 0 Å². The smallest absolute Gasteiger partial charge is 0.242 e. The third-order valence-electron chi connectivity index (χ3n) is 5.63. The molecule has 1 saturated heterocycles. The first-order chi connectivity index (χ1) is 12.7. The highest BCUT2D eigenvalue weighted by Gasteiger charge is 2.29. The van der Waals surface area contributed by atoms with E-state index in [4.69, 9.17) is 0 Å². The van der Waals surface area contributed by atoms with Gasteiger partial charge in [0.1, 0.15) is 0 Å². The number of hydrogen-bond donors (Lipinski definition) is 0. The Labute approximate surface area is 156 Å². The molecule has 0 N–H and O–H groups in total. The van der Waals surface area contributed by atoms with Crippen LogP contribution in [0.5, 0.6) is 0 Å². The van der Waals surface area contributed by atoms with Gasteiger partial charge in [-0.2, -0.15) is 0 Å². The molecular formula is C22H27N3O. The summed E-state index contributed by atoms with van der Waals surface area (Å²) < 4.78 is 0. The SMILES string of the molecule is C[C@@H]1Cc2ccccc2N1CC(=O)N1CCN(Cc2ccccc2)CC1. The summed E-state index contributed by atoms with van der Waals surface area (Å²) in [6, 6.07) is 19.4. The van der Waals surface area contributed by atoms with Gasteiger partial charge in [0.25, 0.3) is 0 Å². The molecule has 0 unspecified atom stereocenters. The molecule has 0 bridgehead atoms. The van der Waals surface area contributed by atoms with E-state index in [0.717, 1.165) is 39.1 Å². The van der Waals surface area contributed by atoms with Crippen LogP contribution in [0.1, 0.15) is 18.1 Å². The Balaban J connectivity index is 1.31. The van der Waals surface area contributed by atoms with Crippen molar-refractivity contribution in [2.45, 2.75) is 25.9 Å². The third-order valence-corrected chi connectivity index (χ3v) is 5.63. The van der Waals surface area contributed by atoms with Gasteiger partial charge in [-0.05, 0) is 30.5 Å². The number of rotatable bonds is 4. The summed E-state index contributed by atoms with van der Waals surface area (Å²) in [4.78, 5) is 19.6. The van der Waals surface area contributed by atoms with Crippen molar-refractivity contribution in [1.29, 1.82) is 0 Å². The highest BCUT2D eigenvalue weighted by molar-refractivity contribution is 5.82. The van der Waals surface area contributed by atoms with Crippen molar-refractivity contribution in [2.75, 3.05) is 37.6 Å². The highest BCUT2D eigenvalue weighted by Crippen LogP contribution is 2.31. The number of amides is 1. The predicted octanol–water partition coefficient (Wildman–Crippen LogP) is 2.78. The van der Waals surface area contributed by atoms with Crippen molar-refractivity contribution >= 4 is 11.6 Å². The van der Waals surface area contributed by atoms with Gasteiger partial charge in [-0.15, -0.1) is 0 Å². The first-order valence-electron chi connectivity index (χ1n) is 9.59. The number of anilines is 1. The Kier molecular flexibility index (Phi) is 4.93. The number of para-hydroxylation sites is 1. The van der Waals surface area contributed by atoms with Crippen LogP contribution in [0.25, 0.3) is 0 Å². The van der Waals surface area contributed by atoms with E-state index in [1.807, 2.05) is 4.90 Å². The Morgan fingerprint density at radius 1 is 0.962 bits per heavy atom. The molecule has 4 heteroatoms. The fraction of sp³-hybridized carbons (Fsp3) is 0.409. The van der Waals surface area contributed by atoms with E-state index in [1.165, 1.54) is 16.8 Å². The number of piperazine rings is 1. The highest BCUT2D eigenvalue weighted by atomic mass is 16.2. The lowest BCUT2D eigenvalue weighted by Crippen LogP contribution is -2.51. The number of carbonyl (C=O) groups excluding carboxylic acids is 1. The Bertz CT molecular complexity index is 753. The second kappa shape index (κ2) is 7.50. The van der Waals surface area contributed by atoms with Gasteiger partial charge in [0.2, 0.25) is 5.91 Å².